The minimum Gasteiger partial charge on any atom is -0.481 e. The Kier molecular flexibility index (Phi) is 6.28. The Morgan fingerprint density at radius 1 is 1.37 bits per heavy atom. The maximum atomic E-state index is 12.5. The highest BCUT2D eigenvalue weighted by atomic mass is 16.5. The van der Waals surface area contributed by atoms with E-state index in [1.807, 2.05) is 18.7 Å². The molecule has 1 aliphatic carbocycles. The molecule has 0 bridgehead atoms. The minimum absolute atomic E-state index is 0.0927. The molecule has 1 rings (SSSR count). The van der Waals surface area contributed by atoms with Crippen molar-refractivity contribution in [2.45, 2.75) is 45.6 Å². The summed E-state index contributed by atoms with van der Waals surface area (Å²) in [5, 5.41) is 9.00. The Labute approximate surface area is 114 Å². The first kappa shape index (κ1) is 16.0. The van der Waals surface area contributed by atoms with E-state index in [9.17, 15) is 9.59 Å². The van der Waals surface area contributed by atoms with Crippen molar-refractivity contribution in [2.24, 2.45) is 11.8 Å². The number of hydrogen-bond acceptors (Lipinski definition) is 3. The van der Waals surface area contributed by atoms with Gasteiger partial charge in [-0.15, -0.1) is 0 Å². The molecule has 0 aliphatic heterocycles. The summed E-state index contributed by atoms with van der Waals surface area (Å²) in [7, 11) is 1.62. The van der Waals surface area contributed by atoms with Gasteiger partial charge in [0.25, 0.3) is 0 Å². The molecule has 3 atom stereocenters. The molecule has 1 amide bonds. The number of carbonyl (C=O) groups excluding carboxylic acids is 1. The first-order valence-corrected chi connectivity index (χ1v) is 7.03. The fraction of sp³-hybridized carbons (Fsp3) is 0.857. The lowest BCUT2D eigenvalue weighted by atomic mass is 10.0. The molecule has 3 unspecified atom stereocenters. The molecule has 0 heterocycles. The van der Waals surface area contributed by atoms with Gasteiger partial charge in [-0.25, -0.2) is 0 Å². The van der Waals surface area contributed by atoms with Crippen LogP contribution in [0, 0.1) is 11.8 Å². The largest absolute Gasteiger partial charge is 0.481 e. The fourth-order valence-corrected chi connectivity index (χ4v) is 2.62. The Balaban J connectivity index is 2.63. The fourth-order valence-electron chi connectivity index (χ4n) is 2.62. The van der Waals surface area contributed by atoms with Gasteiger partial charge in [-0.2, -0.15) is 0 Å². The van der Waals surface area contributed by atoms with E-state index in [2.05, 4.69) is 0 Å². The molecule has 1 N–H and O–H groups in total. The van der Waals surface area contributed by atoms with Crippen molar-refractivity contribution >= 4 is 11.9 Å². The predicted molar refractivity (Wildman–Crippen MR) is 71.8 cm³/mol. The van der Waals surface area contributed by atoms with Gasteiger partial charge in [0.2, 0.25) is 5.91 Å². The number of carbonyl (C=O) groups is 2. The van der Waals surface area contributed by atoms with Crippen LogP contribution in [-0.2, 0) is 14.3 Å². The van der Waals surface area contributed by atoms with Crippen LogP contribution < -0.4 is 0 Å². The number of ether oxygens (including phenoxy) is 1. The van der Waals surface area contributed by atoms with Crippen LogP contribution in [0.5, 0.6) is 0 Å². The molecular formula is C14H25NO4. The molecule has 5 heteroatoms. The van der Waals surface area contributed by atoms with Crippen LogP contribution in [0.25, 0.3) is 0 Å². The van der Waals surface area contributed by atoms with E-state index >= 15 is 0 Å². The van der Waals surface area contributed by atoms with Gasteiger partial charge >= 0.3 is 5.97 Å². The molecule has 5 nitrogen and oxygen atoms in total. The number of rotatable bonds is 7. The number of hydrogen-bond donors (Lipinski definition) is 1. The smallest absolute Gasteiger partial charge is 0.306 e. The lowest BCUT2D eigenvalue weighted by Gasteiger charge is -2.30. The van der Waals surface area contributed by atoms with Gasteiger partial charge in [0.15, 0.2) is 0 Å². The monoisotopic (exact) mass is 271 g/mol. The quantitative estimate of drug-likeness (QED) is 0.766. The zero-order valence-corrected chi connectivity index (χ0v) is 12.1. The molecule has 0 radical (unpaired) electrons. The number of carboxylic acid groups (broad SMARTS) is 1. The summed E-state index contributed by atoms with van der Waals surface area (Å²) in [6, 6.07) is 0.173. The van der Waals surface area contributed by atoms with Crippen LogP contribution in [0.1, 0.15) is 39.5 Å². The number of amides is 1. The maximum absolute atomic E-state index is 12.5. The zero-order valence-electron chi connectivity index (χ0n) is 12.1. The van der Waals surface area contributed by atoms with E-state index in [-0.39, 0.29) is 23.8 Å². The molecule has 0 aromatic rings. The second-order valence-electron chi connectivity index (χ2n) is 5.33. The van der Waals surface area contributed by atoms with E-state index in [0.717, 1.165) is 6.42 Å². The van der Waals surface area contributed by atoms with Crippen LogP contribution in [0.15, 0.2) is 0 Å². The lowest BCUT2D eigenvalue weighted by molar-refractivity contribution is -0.142. The zero-order chi connectivity index (χ0) is 14.4. The normalized spacial score (nSPS) is 24.2. The standard InChI is InChI=1S/C14H25NO4/c1-4-10(2)15(7-8-19-3)13(16)11-5-6-12(9-11)14(17)18/h10-12H,4-9H2,1-3H3,(H,17,18). The average molecular weight is 271 g/mol. The Hall–Kier alpha value is -1.10. The molecule has 1 aliphatic rings. The molecule has 1 saturated carbocycles. The van der Waals surface area contributed by atoms with Crippen molar-refractivity contribution in [2.75, 3.05) is 20.3 Å². The summed E-state index contributed by atoms with van der Waals surface area (Å²) in [6.07, 6.45) is 2.68. The molecule has 110 valence electrons. The van der Waals surface area contributed by atoms with Gasteiger partial charge in [0.1, 0.15) is 0 Å². The second-order valence-corrected chi connectivity index (χ2v) is 5.33. The van der Waals surface area contributed by atoms with E-state index in [0.29, 0.717) is 32.4 Å². The van der Waals surface area contributed by atoms with Gasteiger partial charge in [0.05, 0.1) is 12.5 Å². The second kappa shape index (κ2) is 7.48. The van der Waals surface area contributed by atoms with Crippen molar-refractivity contribution in [1.29, 1.82) is 0 Å². The maximum Gasteiger partial charge on any atom is 0.306 e. The highest BCUT2D eigenvalue weighted by molar-refractivity contribution is 5.81. The molecule has 19 heavy (non-hydrogen) atoms. The summed E-state index contributed by atoms with van der Waals surface area (Å²) in [4.78, 5) is 25.3. The molecule has 0 saturated heterocycles. The highest BCUT2D eigenvalue weighted by Crippen LogP contribution is 2.32. The van der Waals surface area contributed by atoms with Crippen molar-refractivity contribution in [3.05, 3.63) is 0 Å². The third-order valence-electron chi connectivity index (χ3n) is 4.07. The van der Waals surface area contributed by atoms with Gasteiger partial charge in [-0.05, 0) is 32.6 Å². The number of methoxy groups -OCH3 is 1. The summed E-state index contributed by atoms with van der Waals surface area (Å²) >= 11 is 0. The van der Waals surface area contributed by atoms with Gasteiger partial charge < -0.3 is 14.7 Å². The Morgan fingerprint density at radius 2 is 2.00 bits per heavy atom. The van der Waals surface area contributed by atoms with E-state index in [1.54, 1.807) is 7.11 Å². The van der Waals surface area contributed by atoms with Crippen LogP contribution in [0.4, 0.5) is 0 Å². The number of nitrogens with zero attached hydrogens (tertiary/aromatic N) is 1. The van der Waals surface area contributed by atoms with Crippen LogP contribution in [0.2, 0.25) is 0 Å². The summed E-state index contributed by atoms with van der Waals surface area (Å²) < 4.78 is 5.05. The minimum atomic E-state index is -0.776. The first-order chi connectivity index (χ1) is 9.01. The van der Waals surface area contributed by atoms with Crippen LogP contribution >= 0.6 is 0 Å². The molecular weight excluding hydrogens is 246 g/mol. The van der Waals surface area contributed by atoms with Crippen molar-refractivity contribution in [3.8, 4) is 0 Å². The van der Waals surface area contributed by atoms with Crippen molar-refractivity contribution in [1.82, 2.24) is 4.90 Å². The van der Waals surface area contributed by atoms with E-state index in [1.165, 1.54) is 0 Å². The Morgan fingerprint density at radius 3 is 2.47 bits per heavy atom. The molecule has 0 spiro atoms. The molecule has 0 aromatic heterocycles. The van der Waals surface area contributed by atoms with Crippen molar-refractivity contribution < 1.29 is 19.4 Å². The summed E-state index contributed by atoms with van der Waals surface area (Å²) in [5.41, 5.74) is 0. The Bertz CT molecular complexity index is 319. The topological polar surface area (TPSA) is 66.8 Å². The third-order valence-corrected chi connectivity index (χ3v) is 4.07. The molecule has 0 aromatic carbocycles. The van der Waals surface area contributed by atoms with Crippen LogP contribution in [-0.4, -0.2) is 48.2 Å². The average Bonchev–Trinajstić information content (AvgIpc) is 2.88. The van der Waals surface area contributed by atoms with Gasteiger partial charge in [-0.1, -0.05) is 6.92 Å². The van der Waals surface area contributed by atoms with Gasteiger partial charge in [0, 0.05) is 25.6 Å². The predicted octanol–water partition coefficient (Wildman–Crippen LogP) is 1.76. The molecule has 1 fully saturated rings. The van der Waals surface area contributed by atoms with E-state index < -0.39 is 5.97 Å². The SMILES string of the molecule is CCC(C)N(CCOC)C(=O)C1CCC(C(=O)O)C1. The number of carboxylic acids is 1. The summed E-state index contributed by atoms with van der Waals surface area (Å²) in [6.45, 7) is 5.17. The van der Waals surface area contributed by atoms with Crippen molar-refractivity contribution in [3.63, 3.8) is 0 Å². The van der Waals surface area contributed by atoms with Crippen LogP contribution in [0.3, 0.4) is 0 Å². The third kappa shape index (κ3) is 4.20. The van der Waals surface area contributed by atoms with Gasteiger partial charge in [-0.3, -0.25) is 9.59 Å². The lowest BCUT2D eigenvalue weighted by Crippen LogP contribution is -2.43. The highest BCUT2D eigenvalue weighted by Gasteiger charge is 2.36. The number of aliphatic carboxylic acids is 1. The first-order valence-electron chi connectivity index (χ1n) is 7.03. The van der Waals surface area contributed by atoms with E-state index in [4.69, 9.17) is 9.84 Å². The summed E-state index contributed by atoms with van der Waals surface area (Å²) in [5.74, 6) is -1.17.